The normalized spacial score (nSPS) is 13.6. The van der Waals surface area contributed by atoms with Crippen molar-refractivity contribution in [3.05, 3.63) is 51.8 Å². The van der Waals surface area contributed by atoms with Crippen LogP contribution in [0.3, 0.4) is 0 Å². The first-order chi connectivity index (χ1) is 23.5. The molecule has 0 amide bonds. The fourth-order valence-electron chi connectivity index (χ4n) is 4.72. The molecule has 3 aromatic heterocycles. The molecule has 1 unspecified atom stereocenters. The molecule has 3 heterocycles. The lowest BCUT2D eigenvalue weighted by molar-refractivity contribution is 0.0463. The molecule has 0 aliphatic carbocycles. The molecule has 0 radical (unpaired) electrons. The summed E-state index contributed by atoms with van der Waals surface area (Å²) in [5.41, 5.74) is 2.20. The predicted octanol–water partition coefficient (Wildman–Crippen LogP) is 8.54. The number of methoxy groups -OCH3 is 2. The molecule has 0 spiro atoms. The number of hydrogen-bond acceptors (Lipinski definition) is 12. The second-order valence-electron chi connectivity index (χ2n) is 15.2. The minimum Gasteiger partial charge on any atom is -0.464 e. The van der Waals surface area contributed by atoms with Gasteiger partial charge in [-0.25, -0.2) is 9.78 Å². The highest BCUT2D eigenvalue weighted by Crippen LogP contribution is 2.37. The van der Waals surface area contributed by atoms with Gasteiger partial charge in [-0.3, -0.25) is 4.57 Å². The molecule has 0 saturated carbocycles. The molecule has 4 rings (SSSR count). The summed E-state index contributed by atoms with van der Waals surface area (Å²) in [7, 11) is -0.0283. The highest BCUT2D eigenvalue weighted by molar-refractivity contribution is 7.16. The van der Waals surface area contributed by atoms with Gasteiger partial charge in [-0.05, 0) is 67.7 Å². The minimum atomic E-state index is -1.91. The Kier molecular flexibility index (Phi) is 13.7. The van der Waals surface area contributed by atoms with E-state index >= 15 is 0 Å². The van der Waals surface area contributed by atoms with Crippen LogP contribution in [0.4, 0.5) is 16.8 Å². The third-order valence-corrected chi connectivity index (χ3v) is 17.2. The number of rotatable bonds is 17. The number of thiazole rings is 2. The largest absolute Gasteiger partial charge is 0.464 e. The van der Waals surface area contributed by atoms with Gasteiger partial charge in [-0.2, -0.15) is 4.99 Å². The van der Waals surface area contributed by atoms with Gasteiger partial charge in [0.05, 0.1) is 30.0 Å². The molecule has 274 valence electrons. The van der Waals surface area contributed by atoms with Crippen LogP contribution in [0.2, 0.25) is 43.8 Å². The zero-order valence-corrected chi connectivity index (χ0v) is 35.2. The topological polar surface area (TPSA) is 113 Å². The Bertz CT molecular complexity index is 1790. The van der Waals surface area contributed by atoms with Gasteiger partial charge in [0.25, 0.3) is 0 Å². The van der Waals surface area contributed by atoms with E-state index in [-0.39, 0.29) is 16.8 Å². The number of aryl methyl sites for hydroxylation is 1. The van der Waals surface area contributed by atoms with Crippen molar-refractivity contribution in [3.63, 3.8) is 0 Å². The Balaban J connectivity index is 1.59. The number of aromatic nitrogens is 4. The zero-order valence-electron chi connectivity index (χ0n) is 31.5. The van der Waals surface area contributed by atoms with E-state index in [0.29, 0.717) is 36.6 Å². The molecule has 4 aromatic rings. The number of carbonyl (C=O) groups is 1. The van der Waals surface area contributed by atoms with Crippen LogP contribution in [0.25, 0.3) is 10.2 Å². The number of carbonyl (C=O) groups excluding carboxylic acids is 1. The SMILES string of the molecule is COC(=O)c1csc(N(CCCC(CO[Si](C)(C)C(C)(C)C)OC)c2cc(C)c(/N=c3\sc4ccccc4n3COCC[Si](C)(C)C)nn2)n1. The molecule has 0 fully saturated rings. The summed E-state index contributed by atoms with van der Waals surface area (Å²) in [5.74, 6) is 0.678. The predicted molar refractivity (Wildman–Crippen MR) is 210 cm³/mol. The first-order valence-corrected chi connectivity index (χ1v) is 25.4. The number of ether oxygens (including phenoxy) is 3. The molecule has 1 atom stereocenters. The fourth-order valence-corrected chi connectivity index (χ4v) is 8.36. The number of fused-ring (bicyclic) bond motifs is 1. The average Bonchev–Trinajstić information content (AvgIpc) is 3.67. The molecule has 0 aliphatic heterocycles. The molecule has 1 aromatic carbocycles. The second kappa shape index (κ2) is 17.1. The Hall–Kier alpha value is -2.80. The van der Waals surface area contributed by atoms with E-state index in [1.807, 2.05) is 30.0 Å². The molecule has 11 nitrogen and oxygen atoms in total. The summed E-state index contributed by atoms with van der Waals surface area (Å²) in [5, 5.41) is 11.7. The molecule has 15 heteroatoms. The molecule has 0 aliphatic rings. The maximum atomic E-state index is 12.3. The second-order valence-corrected chi connectivity index (χ2v) is 27.5. The first-order valence-electron chi connectivity index (χ1n) is 17.1. The van der Waals surface area contributed by atoms with E-state index in [1.54, 1.807) is 23.8 Å². The Morgan fingerprint density at radius 3 is 2.50 bits per heavy atom. The van der Waals surface area contributed by atoms with E-state index in [9.17, 15) is 4.79 Å². The lowest BCUT2D eigenvalue weighted by Gasteiger charge is -2.37. The smallest absolute Gasteiger partial charge is 0.357 e. The summed E-state index contributed by atoms with van der Waals surface area (Å²) in [4.78, 5) is 24.6. The lowest BCUT2D eigenvalue weighted by Crippen LogP contribution is -2.43. The van der Waals surface area contributed by atoms with Gasteiger partial charge in [0.2, 0.25) is 0 Å². The van der Waals surface area contributed by atoms with E-state index in [4.69, 9.17) is 23.6 Å². The van der Waals surface area contributed by atoms with Crippen molar-refractivity contribution in [2.75, 3.05) is 38.9 Å². The molecular weight excluding hydrogens is 705 g/mol. The van der Waals surface area contributed by atoms with Crippen molar-refractivity contribution < 1.29 is 23.4 Å². The van der Waals surface area contributed by atoms with E-state index < -0.39 is 22.4 Å². The van der Waals surface area contributed by atoms with E-state index in [1.165, 1.54) is 18.4 Å². The van der Waals surface area contributed by atoms with Crippen molar-refractivity contribution in [3.8, 4) is 0 Å². The number of nitrogens with zero attached hydrogens (tertiary/aromatic N) is 6. The number of benzene rings is 1. The lowest BCUT2D eigenvalue weighted by atomic mass is 10.2. The summed E-state index contributed by atoms with van der Waals surface area (Å²) in [6.45, 7) is 22.5. The molecule has 0 saturated heterocycles. The third kappa shape index (κ3) is 10.6. The van der Waals surface area contributed by atoms with Gasteiger partial charge < -0.3 is 23.5 Å². The van der Waals surface area contributed by atoms with Gasteiger partial charge in [-0.1, -0.05) is 63.9 Å². The maximum absolute atomic E-state index is 12.3. The van der Waals surface area contributed by atoms with Crippen LogP contribution in [-0.2, 0) is 25.4 Å². The van der Waals surface area contributed by atoms with Gasteiger partial charge in [0, 0.05) is 33.7 Å². The van der Waals surface area contributed by atoms with E-state index in [0.717, 1.165) is 46.1 Å². The van der Waals surface area contributed by atoms with Crippen molar-refractivity contribution >= 4 is 72.0 Å². The Morgan fingerprint density at radius 1 is 1.10 bits per heavy atom. The van der Waals surface area contributed by atoms with Crippen molar-refractivity contribution in [1.29, 1.82) is 0 Å². The quantitative estimate of drug-likeness (QED) is 0.0594. The highest BCUT2D eigenvalue weighted by atomic mass is 32.1. The van der Waals surface area contributed by atoms with Crippen LogP contribution >= 0.6 is 22.7 Å². The summed E-state index contributed by atoms with van der Waals surface area (Å²) in [6.07, 6.45) is 1.51. The average molecular weight is 759 g/mol. The van der Waals surface area contributed by atoms with Gasteiger partial charge in [-0.15, -0.1) is 21.5 Å². The highest BCUT2D eigenvalue weighted by Gasteiger charge is 2.37. The van der Waals surface area contributed by atoms with Crippen molar-refractivity contribution in [1.82, 2.24) is 19.7 Å². The minimum absolute atomic E-state index is 0.0468. The molecule has 0 bridgehead atoms. The van der Waals surface area contributed by atoms with E-state index in [2.05, 4.69) is 85.4 Å². The number of hydrogen-bond donors (Lipinski definition) is 0. The van der Waals surface area contributed by atoms with Crippen LogP contribution in [-0.4, -0.2) is 82.2 Å². The van der Waals surface area contributed by atoms with Crippen LogP contribution in [0.15, 0.2) is 40.7 Å². The van der Waals surface area contributed by atoms with Gasteiger partial charge in [0.15, 0.2) is 35.6 Å². The van der Waals surface area contributed by atoms with Gasteiger partial charge in [0.1, 0.15) is 6.73 Å². The van der Waals surface area contributed by atoms with Crippen LogP contribution < -0.4 is 9.70 Å². The summed E-state index contributed by atoms with van der Waals surface area (Å²) < 4.78 is 26.6. The van der Waals surface area contributed by atoms with Crippen LogP contribution in [0.1, 0.15) is 49.7 Å². The van der Waals surface area contributed by atoms with Crippen LogP contribution in [0.5, 0.6) is 0 Å². The van der Waals surface area contributed by atoms with Crippen molar-refractivity contribution in [2.24, 2.45) is 4.99 Å². The maximum Gasteiger partial charge on any atom is 0.357 e. The molecule has 0 N–H and O–H groups in total. The number of anilines is 2. The van der Waals surface area contributed by atoms with Gasteiger partial charge >= 0.3 is 5.97 Å². The molecular formula is C35H54N6O5S2Si2. The Morgan fingerprint density at radius 2 is 1.84 bits per heavy atom. The number of para-hydroxylation sites is 1. The summed E-state index contributed by atoms with van der Waals surface area (Å²) in [6, 6.07) is 11.3. The summed E-state index contributed by atoms with van der Waals surface area (Å²) >= 11 is 2.97. The Labute approximate surface area is 306 Å². The van der Waals surface area contributed by atoms with Crippen LogP contribution in [0, 0.1) is 6.92 Å². The monoisotopic (exact) mass is 758 g/mol. The fraction of sp³-hybridized carbons (Fsp3) is 0.571. The van der Waals surface area contributed by atoms with Crippen molar-refractivity contribution in [2.45, 2.75) is 97.2 Å². The first kappa shape index (κ1) is 40.0. The molecule has 50 heavy (non-hydrogen) atoms. The number of esters is 1. The standard InChI is InChI=1S/C35H54N6O5S2Si2/c1-25-21-30(38-39-31(25)37-34-41(24-45-19-20-49(7,8)9)28-16-12-13-17-29(28)48-34)40(33-36-27(23-47-33)32(42)44-6)18-14-15-26(43-5)22-46-50(10,11)35(2,3)4/h12-13,16-17,21,23,26H,14-15,18-20,22,24H2,1-11H3/b37-34-. The third-order valence-electron chi connectivity index (χ3n) is 9.02. The zero-order chi connectivity index (χ0) is 36.7.